The Morgan fingerprint density at radius 1 is 1.21 bits per heavy atom. The van der Waals surface area contributed by atoms with E-state index in [1.165, 1.54) is 31.1 Å². The SMILES string of the molecule is OCC(NC1CCCC1)c1cncc2ccccc12. The highest BCUT2D eigenvalue weighted by atomic mass is 16.3. The molecule has 19 heavy (non-hydrogen) atoms. The molecule has 1 unspecified atom stereocenters. The third-order valence-corrected chi connectivity index (χ3v) is 4.05. The van der Waals surface area contributed by atoms with Gasteiger partial charge in [-0.05, 0) is 23.8 Å². The zero-order valence-corrected chi connectivity index (χ0v) is 11.0. The summed E-state index contributed by atoms with van der Waals surface area (Å²) in [5, 5.41) is 15.6. The Morgan fingerprint density at radius 2 is 2.00 bits per heavy atom. The van der Waals surface area contributed by atoms with E-state index in [1.807, 2.05) is 24.5 Å². The van der Waals surface area contributed by atoms with Gasteiger partial charge in [0.05, 0.1) is 12.6 Å². The van der Waals surface area contributed by atoms with Crippen molar-refractivity contribution in [3.63, 3.8) is 0 Å². The number of aromatic nitrogens is 1. The van der Waals surface area contributed by atoms with Crippen molar-refractivity contribution in [2.75, 3.05) is 6.61 Å². The molecule has 2 aromatic rings. The molecule has 1 atom stereocenters. The van der Waals surface area contributed by atoms with Crippen LogP contribution in [-0.2, 0) is 0 Å². The molecule has 0 aliphatic heterocycles. The van der Waals surface area contributed by atoms with Crippen molar-refractivity contribution >= 4 is 10.8 Å². The van der Waals surface area contributed by atoms with E-state index in [9.17, 15) is 5.11 Å². The number of fused-ring (bicyclic) bond motifs is 1. The number of benzene rings is 1. The van der Waals surface area contributed by atoms with Gasteiger partial charge in [0.1, 0.15) is 0 Å². The molecule has 0 saturated heterocycles. The Balaban J connectivity index is 1.91. The van der Waals surface area contributed by atoms with Crippen LogP contribution in [0.1, 0.15) is 37.3 Å². The minimum absolute atomic E-state index is 0.0123. The van der Waals surface area contributed by atoms with Crippen molar-refractivity contribution in [2.45, 2.75) is 37.8 Å². The lowest BCUT2D eigenvalue weighted by Gasteiger charge is -2.22. The first kappa shape index (κ1) is 12.6. The smallest absolute Gasteiger partial charge is 0.0627 e. The van der Waals surface area contributed by atoms with Gasteiger partial charge in [-0.3, -0.25) is 4.98 Å². The summed E-state index contributed by atoms with van der Waals surface area (Å²) < 4.78 is 0. The fourth-order valence-electron chi connectivity index (χ4n) is 3.04. The quantitative estimate of drug-likeness (QED) is 0.884. The summed E-state index contributed by atoms with van der Waals surface area (Å²) in [5.74, 6) is 0. The van der Waals surface area contributed by atoms with Crippen LogP contribution in [0, 0.1) is 0 Å². The molecular formula is C16H20N2O. The van der Waals surface area contributed by atoms with Gasteiger partial charge >= 0.3 is 0 Å². The fourth-order valence-corrected chi connectivity index (χ4v) is 3.04. The van der Waals surface area contributed by atoms with Crippen molar-refractivity contribution < 1.29 is 5.11 Å². The van der Waals surface area contributed by atoms with E-state index in [2.05, 4.69) is 22.4 Å². The largest absolute Gasteiger partial charge is 0.394 e. The number of aliphatic hydroxyl groups excluding tert-OH is 1. The Labute approximate surface area is 113 Å². The Kier molecular flexibility index (Phi) is 3.76. The Hall–Kier alpha value is -1.45. The van der Waals surface area contributed by atoms with Crippen LogP contribution in [0.5, 0.6) is 0 Å². The minimum Gasteiger partial charge on any atom is -0.394 e. The molecule has 0 bridgehead atoms. The summed E-state index contributed by atoms with van der Waals surface area (Å²) in [5.41, 5.74) is 1.10. The maximum Gasteiger partial charge on any atom is 0.0627 e. The predicted molar refractivity (Wildman–Crippen MR) is 77.0 cm³/mol. The van der Waals surface area contributed by atoms with Crippen molar-refractivity contribution in [1.29, 1.82) is 0 Å². The van der Waals surface area contributed by atoms with E-state index in [4.69, 9.17) is 0 Å². The summed E-state index contributed by atoms with van der Waals surface area (Å²) in [7, 11) is 0. The molecule has 1 aliphatic rings. The van der Waals surface area contributed by atoms with E-state index >= 15 is 0 Å². The molecule has 3 heteroatoms. The fraction of sp³-hybridized carbons (Fsp3) is 0.438. The maximum atomic E-state index is 9.71. The van der Waals surface area contributed by atoms with Gasteiger partial charge in [0.15, 0.2) is 0 Å². The molecule has 0 radical (unpaired) electrons. The van der Waals surface area contributed by atoms with Gasteiger partial charge in [-0.25, -0.2) is 0 Å². The Bertz CT molecular complexity index is 544. The molecule has 1 saturated carbocycles. The van der Waals surface area contributed by atoms with Crippen LogP contribution in [-0.4, -0.2) is 22.7 Å². The summed E-state index contributed by atoms with van der Waals surface area (Å²) in [6, 6.07) is 8.75. The van der Waals surface area contributed by atoms with Gasteiger partial charge in [0.2, 0.25) is 0 Å². The lowest BCUT2D eigenvalue weighted by molar-refractivity contribution is 0.233. The second-order valence-electron chi connectivity index (χ2n) is 5.33. The van der Waals surface area contributed by atoms with Gasteiger partial charge in [-0.15, -0.1) is 0 Å². The normalized spacial score (nSPS) is 17.9. The van der Waals surface area contributed by atoms with Gasteiger partial charge in [-0.2, -0.15) is 0 Å². The van der Waals surface area contributed by atoms with E-state index in [-0.39, 0.29) is 12.6 Å². The van der Waals surface area contributed by atoms with Crippen molar-refractivity contribution in [3.8, 4) is 0 Å². The highest BCUT2D eigenvalue weighted by molar-refractivity contribution is 5.85. The molecule has 1 aromatic heterocycles. The first-order valence-electron chi connectivity index (χ1n) is 7.08. The number of rotatable bonds is 4. The summed E-state index contributed by atoms with van der Waals surface area (Å²) >= 11 is 0. The average Bonchev–Trinajstić information content (AvgIpc) is 2.97. The van der Waals surface area contributed by atoms with Crippen LogP contribution in [0.25, 0.3) is 10.8 Å². The maximum absolute atomic E-state index is 9.71. The molecule has 1 aliphatic carbocycles. The number of aliphatic hydroxyl groups is 1. The number of hydrogen-bond donors (Lipinski definition) is 2. The van der Waals surface area contributed by atoms with Crippen molar-refractivity contribution in [3.05, 3.63) is 42.2 Å². The third kappa shape index (κ3) is 2.62. The zero-order valence-electron chi connectivity index (χ0n) is 11.0. The van der Waals surface area contributed by atoms with Crippen LogP contribution in [0.2, 0.25) is 0 Å². The summed E-state index contributed by atoms with van der Waals surface area (Å²) in [6.07, 6.45) is 8.78. The van der Waals surface area contributed by atoms with E-state index in [1.54, 1.807) is 0 Å². The number of nitrogens with one attached hydrogen (secondary N) is 1. The third-order valence-electron chi connectivity index (χ3n) is 4.05. The van der Waals surface area contributed by atoms with E-state index < -0.39 is 0 Å². The van der Waals surface area contributed by atoms with Gasteiger partial charge < -0.3 is 10.4 Å². The highest BCUT2D eigenvalue weighted by Crippen LogP contribution is 2.26. The van der Waals surface area contributed by atoms with Gasteiger partial charge in [0, 0.05) is 23.8 Å². The molecule has 1 aromatic carbocycles. The zero-order chi connectivity index (χ0) is 13.1. The van der Waals surface area contributed by atoms with Crippen LogP contribution in [0.3, 0.4) is 0 Å². The van der Waals surface area contributed by atoms with Crippen LogP contribution in [0.15, 0.2) is 36.7 Å². The van der Waals surface area contributed by atoms with Crippen LogP contribution in [0.4, 0.5) is 0 Å². The summed E-state index contributed by atoms with van der Waals surface area (Å²) in [4.78, 5) is 4.31. The summed E-state index contributed by atoms with van der Waals surface area (Å²) in [6.45, 7) is 0.117. The standard InChI is InChI=1S/C16H20N2O/c19-11-16(18-13-6-2-3-7-13)15-10-17-9-12-5-1-4-8-14(12)15/h1,4-5,8-10,13,16,18-19H,2-3,6-7,11H2. The lowest BCUT2D eigenvalue weighted by Crippen LogP contribution is -2.32. The number of pyridine rings is 1. The molecule has 0 spiro atoms. The lowest BCUT2D eigenvalue weighted by atomic mass is 10.0. The van der Waals surface area contributed by atoms with E-state index in [0.717, 1.165) is 10.9 Å². The Morgan fingerprint density at radius 3 is 2.79 bits per heavy atom. The monoisotopic (exact) mass is 256 g/mol. The first-order chi connectivity index (χ1) is 9.38. The average molecular weight is 256 g/mol. The first-order valence-corrected chi connectivity index (χ1v) is 7.08. The highest BCUT2D eigenvalue weighted by Gasteiger charge is 2.21. The second-order valence-corrected chi connectivity index (χ2v) is 5.33. The minimum atomic E-state index is -0.0123. The predicted octanol–water partition coefficient (Wildman–Crippen LogP) is 2.80. The molecule has 0 amide bonds. The molecule has 1 heterocycles. The molecule has 1 fully saturated rings. The topological polar surface area (TPSA) is 45.1 Å². The van der Waals surface area contributed by atoms with Gasteiger partial charge in [-0.1, -0.05) is 37.1 Å². The van der Waals surface area contributed by atoms with E-state index in [0.29, 0.717) is 6.04 Å². The van der Waals surface area contributed by atoms with Gasteiger partial charge in [0.25, 0.3) is 0 Å². The molecule has 2 N–H and O–H groups in total. The molecule has 3 rings (SSSR count). The van der Waals surface area contributed by atoms with Crippen LogP contribution >= 0.6 is 0 Å². The molecular weight excluding hydrogens is 236 g/mol. The molecule has 100 valence electrons. The number of hydrogen-bond acceptors (Lipinski definition) is 3. The number of nitrogens with zero attached hydrogens (tertiary/aromatic N) is 1. The van der Waals surface area contributed by atoms with Crippen molar-refractivity contribution in [1.82, 2.24) is 10.3 Å². The molecule has 3 nitrogen and oxygen atoms in total. The van der Waals surface area contributed by atoms with Crippen LogP contribution < -0.4 is 5.32 Å². The van der Waals surface area contributed by atoms with Crippen molar-refractivity contribution in [2.24, 2.45) is 0 Å². The second kappa shape index (κ2) is 5.68.